The fourth-order valence-electron chi connectivity index (χ4n) is 6.42. The van der Waals surface area contributed by atoms with Crippen LogP contribution >= 0.6 is 0 Å². The van der Waals surface area contributed by atoms with Crippen LogP contribution in [0, 0.1) is 46.7 Å². The van der Waals surface area contributed by atoms with Gasteiger partial charge in [-0.1, -0.05) is 24.3 Å². The zero-order chi connectivity index (χ0) is 19.1. The molecule has 140 valence electrons. The Bertz CT molecular complexity index is 939. The number of benzene rings is 2. The van der Waals surface area contributed by atoms with Crippen LogP contribution in [0.1, 0.15) is 48.6 Å². The van der Waals surface area contributed by atoms with Crippen molar-refractivity contribution in [3.05, 3.63) is 59.7 Å². The van der Waals surface area contributed by atoms with Crippen LogP contribution in [-0.2, 0) is 0 Å². The van der Waals surface area contributed by atoms with Crippen molar-refractivity contribution in [1.82, 2.24) is 0 Å². The molecule has 0 heterocycles. The van der Waals surface area contributed by atoms with E-state index in [1.165, 1.54) is 36.8 Å². The lowest BCUT2D eigenvalue weighted by Gasteiger charge is -2.31. The van der Waals surface area contributed by atoms with Gasteiger partial charge in [0.25, 0.3) is 12.5 Å². The van der Waals surface area contributed by atoms with Crippen LogP contribution in [0.25, 0.3) is 0 Å². The third-order valence-electron chi connectivity index (χ3n) is 7.45. The predicted molar refractivity (Wildman–Crippen MR) is 103 cm³/mol. The molecule has 0 unspecified atom stereocenters. The average Bonchev–Trinajstić information content (AvgIpc) is 3.42. The summed E-state index contributed by atoms with van der Waals surface area (Å²) in [5, 5.41) is 17.3. The van der Waals surface area contributed by atoms with Gasteiger partial charge >= 0.3 is 0 Å². The van der Waals surface area contributed by atoms with Gasteiger partial charge in [0.2, 0.25) is 0 Å². The Morgan fingerprint density at radius 3 is 1.82 bits per heavy atom. The Kier molecular flexibility index (Phi) is 4.21. The van der Waals surface area contributed by atoms with Crippen LogP contribution in [-0.4, -0.2) is 0 Å². The van der Waals surface area contributed by atoms with Crippen molar-refractivity contribution >= 4 is 0 Å². The number of nitriles is 2. The van der Waals surface area contributed by atoms with Gasteiger partial charge in [-0.3, -0.25) is 0 Å². The Balaban J connectivity index is 1.30. The maximum Gasteiger partial charge on any atom is 0.292 e. The molecule has 0 spiro atoms. The number of hydrogen-bond acceptors (Lipinski definition) is 4. The highest BCUT2D eigenvalue weighted by atomic mass is 16.5. The number of rotatable bonds is 4. The van der Waals surface area contributed by atoms with Crippen LogP contribution in [0.4, 0.5) is 0 Å². The lowest BCUT2D eigenvalue weighted by molar-refractivity contribution is 0.232. The van der Waals surface area contributed by atoms with Crippen molar-refractivity contribution in [2.45, 2.75) is 37.5 Å². The molecule has 28 heavy (non-hydrogen) atoms. The first-order valence-electron chi connectivity index (χ1n) is 10.1. The van der Waals surface area contributed by atoms with Crippen LogP contribution in [0.15, 0.2) is 48.5 Å². The van der Waals surface area contributed by atoms with Crippen LogP contribution in [0.3, 0.4) is 0 Å². The van der Waals surface area contributed by atoms with E-state index >= 15 is 0 Å². The monoisotopic (exact) mass is 370 g/mol. The minimum Gasteiger partial charge on any atom is -0.388 e. The van der Waals surface area contributed by atoms with E-state index in [9.17, 15) is 0 Å². The van der Waals surface area contributed by atoms with E-state index < -0.39 is 0 Å². The molecular formula is C24H22N2O2. The van der Waals surface area contributed by atoms with E-state index in [0.717, 1.165) is 23.7 Å². The highest BCUT2D eigenvalue weighted by Gasteiger charge is 2.56. The SMILES string of the molecule is N#COc1ccc([C@@H]2C[C@@H]3[C@H](C2)[C@H]2C[C@@H]3[C@H](c3ccc(OC#N)cc3)C2)cc1. The quantitative estimate of drug-likeness (QED) is 0.681. The molecule has 3 saturated carbocycles. The fourth-order valence-corrected chi connectivity index (χ4v) is 6.42. The highest BCUT2D eigenvalue weighted by Crippen LogP contribution is 2.65. The van der Waals surface area contributed by atoms with Gasteiger partial charge in [-0.15, -0.1) is 10.5 Å². The molecule has 3 fully saturated rings. The molecule has 0 radical (unpaired) electrons. The van der Waals surface area contributed by atoms with Crippen LogP contribution in [0.2, 0.25) is 0 Å². The van der Waals surface area contributed by atoms with Gasteiger partial charge < -0.3 is 9.47 Å². The highest BCUT2D eigenvalue weighted by molar-refractivity contribution is 5.34. The maximum absolute atomic E-state index is 8.66. The Hall–Kier alpha value is -2.98. The molecule has 6 atom stereocenters. The van der Waals surface area contributed by atoms with Crippen LogP contribution < -0.4 is 9.47 Å². The molecule has 5 rings (SSSR count). The Labute approximate surface area is 165 Å². The van der Waals surface area contributed by atoms with Gasteiger partial charge in [0.05, 0.1) is 0 Å². The average molecular weight is 370 g/mol. The molecule has 0 aromatic heterocycles. The topological polar surface area (TPSA) is 66.0 Å². The summed E-state index contributed by atoms with van der Waals surface area (Å²) in [7, 11) is 0. The van der Waals surface area contributed by atoms with Crippen molar-refractivity contribution in [3.63, 3.8) is 0 Å². The number of nitrogens with zero attached hydrogens (tertiary/aromatic N) is 2. The summed E-state index contributed by atoms with van der Waals surface area (Å²) < 4.78 is 9.83. The molecule has 4 nitrogen and oxygen atoms in total. The van der Waals surface area contributed by atoms with Crippen molar-refractivity contribution in [1.29, 1.82) is 10.5 Å². The minimum atomic E-state index is 0.619. The smallest absolute Gasteiger partial charge is 0.292 e. The summed E-state index contributed by atoms with van der Waals surface area (Å²) in [5.74, 6) is 5.83. The van der Waals surface area contributed by atoms with Crippen molar-refractivity contribution in [3.8, 4) is 24.0 Å². The summed E-state index contributed by atoms with van der Waals surface area (Å²) in [6.45, 7) is 0. The molecule has 3 aliphatic carbocycles. The van der Waals surface area contributed by atoms with Gasteiger partial charge in [-0.25, -0.2) is 0 Å². The molecule has 3 aliphatic rings. The second-order valence-electron chi connectivity index (χ2n) is 8.52. The van der Waals surface area contributed by atoms with Gasteiger partial charge in [0, 0.05) is 0 Å². The summed E-state index contributed by atoms with van der Waals surface area (Å²) in [6, 6.07) is 16.2. The van der Waals surface area contributed by atoms with Gasteiger partial charge in [-0.2, -0.15) is 0 Å². The van der Waals surface area contributed by atoms with Gasteiger partial charge in [-0.05, 0) is 96.6 Å². The van der Waals surface area contributed by atoms with Crippen molar-refractivity contribution in [2.75, 3.05) is 0 Å². The number of ether oxygens (including phenoxy) is 2. The second kappa shape index (κ2) is 6.88. The zero-order valence-corrected chi connectivity index (χ0v) is 15.6. The third kappa shape index (κ3) is 2.81. The summed E-state index contributed by atoms with van der Waals surface area (Å²) >= 11 is 0. The van der Waals surface area contributed by atoms with E-state index in [2.05, 4.69) is 24.3 Å². The number of hydrogen-bond donors (Lipinski definition) is 0. The molecular weight excluding hydrogens is 348 g/mol. The van der Waals surface area contributed by atoms with E-state index in [0.29, 0.717) is 23.3 Å². The fraction of sp³-hybridized carbons (Fsp3) is 0.417. The molecule has 4 heteroatoms. The minimum absolute atomic E-state index is 0.619. The summed E-state index contributed by atoms with van der Waals surface area (Å²) in [5.41, 5.74) is 2.78. The molecule has 0 amide bonds. The molecule has 0 N–H and O–H groups in total. The van der Waals surface area contributed by atoms with E-state index in [-0.39, 0.29) is 0 Å². The molecule has 2 bridgehead atoms. The molecule has 0 aliphatic heterocycles. The first-order chi connectivity index (χ1) is 13.8. The van der Waals surface area contributed by atoms with Gasteiger partial charge in [0.15, 0.2) is 0 Å². The summed E-state index contributed by atoms with van der Waals surface area (Å²) in [6.07, 6.45) is 8.71. The van der Waals surface area contributed by atoms with E-state index in [4.69, 9.17) is 20.0 Å². The molecule has 0 saturated heterocycles. The van der Waals surface area contributed by atoms with E-state index in [1.54, 1.807) is 12.5 Å². The standard InChI is InChI=1S/C24H22N2O2/c25-13-27-19-5-1-15(2-6-19)17-9-22-18-11-21(24(12-18)23(22)10-17)16-3-7-20(8-4-16)28-14-26/h1-8,17-18,21-24H,9-12H2/t17-,18+,21-,22+,23+,24+/m0/s1. The first-order valence-corrected chi connectivity index (χ1v) is 10.1. The normalized spacial score (nSPS) is 32.4. The summed E-state index contributed by atoms with van der Waals surface area (Å²) in [4.78, 5) is 0. The van der Waals surface area contributed by atoms with Gasteiger partial charge in [0.1, 0.15) is 11.5 Å². The Morgan fingerprint density at radius 1 is 0.643 bits per heavy atom. The van der Waals surface area contributed by atoms with Crippen molar-refractivity contribution < 1.29 is 9.47 Å². The number of fused-ring (bicyclic) bond motifs is 5. The lowest BCUT2D eigenvalue weighted by atomic mass is 9.73. The van der Waals surface area contributed by atoms with Crippen LogP contribution in [0.5, 0.6) is 11.5 Å². The maximum atomic E-state index is 8.66. The molecule has 2 aromatic carbocycles. The lowest BCUT2D eigenvalue weighted by Crippen LogP contribution is -2.23. The Morgan fingerprint density at radius 2 is 1.21 bits per heavy atom. The predicted octanol–water partition coefficient (Wildman–Crippen LogP) is 5.34. The third-order valence-corrected chi connectivity index (χ3v) is 7.45. The first kappa shape index (κ1) is 17.1. The van der Waals surface area contributed by atoms with E-state index in [1.807, 2.05) is 24.3 Å². The largest absolute Gasteiger partial charge is 0.388 e. The molecule has 2 aromatic rings. The second-order valence-corrected chi connectivity index (χ2v) is 8.52. The zero-order valence-electron chi connectivity index (χ0n) is 15.6. The van der Waals surface area contributed by atoms with Crippen molar-refractivity contribution in [2.24, 2.45) is 23.7 Å².